The zero-order valence-corrected chi connectivity index (χ0v) is 12.7. The van der Waals surface area contributed by atoms with Gasteiger partial charge in [-0.05, 0) is 25.5 Å². The number of aryl methyl sites for hydroxylation is 1. The van der Waals surface area contributed by atoms with Crippen molar-refractivity contribution in [2.24, 2.45) is 5.73 Å². The van der Waals surface area contributed by atoms with E-state index in [0.29, 0.717) is 12.1 Å². The lowest BCUT2D eigenvalue weighted by Gasteiger charge is -2.29. The first-order valence-corrected chi connectivity index (χ1v) is 7.77. The molecule has 20 heavy (non-hydrogen) atoms. The van der Waals surface area contributed by atoms with E-state index in [1.165, 1.54) is 4.31 Å². The molecule has 2 atom stereocenters. The van der Waals surface area contributed by atoms with Gasteiger partial charge in [0.15, 0.2) is 0 Å². The van der Waals surface area contributed by atoms with E-state index < -0.39 is 17.2 Å². The SMILES string of the molecule is CCCCC(CC(N)=O)N(c1ccc(C)cc1)S(=O)O. The van der Waals surface area contributed by atoms with Crippen molar-refractivity contribution in [2.75, 3.05) is 4.31 Å². The highest BCUT2D eigenvalue weighted by molar-refractivity contribution is 7.80. The van der Waals surface area contributed by atoms with E-state index in [4.69, 9.17) is 5.73 Å². The minimum Gasteiger partial charge on any atom is -0.370 e. The molecule has 0 bridgehead atoms. The number of hydrogen-bond donors (Lipinski definition) is 2. The van der Waals surface area contributed by atoms with Crippen molar-refractivity contribution in [1.29, 1.82) is 0 Å². The van der Waals surface area contributed by atoms with Gasteiger partial charge in [0.25, 0.3) is 11.3 Å². The number of anilines is 1. The second kappa shape index (κ2) is 8.01. The number of hydrogen-bond acceptors (Lipinski definition) is 2. The average Bonchev–Trinajstić information content (AvgIpc) is 2.37. The molecule has 1 rings (SSSR count). The van der Waals surface area contributed by atoms with Crippen molar-refractivity contribution < 1.29 is 13.6 Å². The number of unbranched alkanes of at least 4 members (excludes halogenated alkanes) is 1. The summed E-state index contributed by atoms with van der Waals surface area (Å²) in [6.45, 7) is 3.98. The van der Waals surface area contributed by atoms with Crippen LogP contribution >= 0.6 is 0 Å². The van der Waals surface area contributed by atoms with Crippen molar-refractivity contribution in [2.45, 2.75) is 45.6 Å². The fourth-order valence-electron chi connectivity index (χ4n) is 2.09. The fourth-order valence-corrected chi connectivity index (χ4v) is 2.83. The van der Waals surface area contributed by atoms with Gasteiger partial charge in [-0.25, -0.2) is 4.21 Å². The molecule has 0 aliphatic rings. The maximum atomic E-state index is 11.7. The summed E-state index contributed by atoms with van der Waals surface area (Å²) < 4.78 is 22.6. The van der Waals surface area contributed by atoms with Crippen LogP contribution in [0, 0.1) is 6.92 Å². The van der Waals surface area contributed by atoms with Gasteiger partial charge in [-0.1, -0.05) is 37.5 Å². The smallest absolute Gasteiger partial charge is 0.262 e. The van der Waals surface area contributed by atoms with Gasteiger partial charge in [0.05, 0.1) is 11.7 Å². The Bertz CT molecular complexity index is 462. The van der Waals surface area contributed by atoms with Gasteiger partial charge in [-0.15, -0.1) is 0 Å². The van der Waals surface area contributed by atoms with Crippen LogP contribution in [0.15, 0.2) is 24.3 Å². The number of nitrogens with two attached hydrogens (primary N) is 1. The third-order valence-corrected chi connectivity index (χ3v) is 3.96. The van der Waals surface area contributed by atoms with Gasteiger partial charge < -0.3 is 5.73 Å². The third-order valence-electron chi connectivity index (χ3n) is 3.12. The quantitative estimate of drug-likeness (QED) is 0.723. The van der Waals surface area contributed by atoms with Gasteiger partial charge in [-0.3, -0.25) is 13.7 Å². The molecule has 0 aliphatic carbocycles. The maximum absolute atomic E-state index is 11.7. The van der Waals surface area contributed by atoms with Gasteiger partial charge >= 0.3 is 0 Å². The lowest BCUT2D eigenvalue weighted by Crippen LogP contribution is -2.39. The topological polar surface area (TPSA) is 83.6 Å². The standard InChI is InChI=1S/C14H22N2O3S/c1-3-4-5-13(10-14(15)17)16(20(18)19)12-8-6-11(2)7-9-12/h6-9,13H,3-5,10H2,1-2H3,(H2,15,17)(H,18,19). The van der Waals surface area contributed by atoms with Crippen LogP contribution in [-0.2, 0) is 16.1 Å². The summed E-state index contributed by atoms with van der Waals surface area (Å²) in [6.07, 6.45) is 2.55. The number of nitrogens with zero attached hydrogens (tertiary/aromatic N) is 1. The van der Waals surface area contributed by atoms with Crippen LogP contribution in [0.3, 0.4) is 0 Å². The third kappa shape index (κ3) is 4.94. The van der Waals surface area contributed by atoms with Crippen molar-refractivity contribution in [3.8, 4) is 0 Å². The fraction of sp³-hybridized carbons (Fsp3) is 0.500. The summed E-state index contributed by atoms with van der Waals surface area (Å²) in [5.74, 6) is -0.464. The van der Waals surface area contributed by atoms with E-state index in [1.807, 2.05) is 26.0 Å². The monoisotopic (exact) mass is 298 g/mol. The number of benzene rings is 1. The van der Waals surface area contributed by atoms with E-state index in [1.54, 1.807) is 12.1 Å². The van der Waals surface area contributed by atoms with Crippen molar-refractivity contribution in [1.82, 2.24) is 0 Å². The normalized spacial score (nSPS) is 13.8. The summed E-state index contributed by atoms with van der Waals surface area (Å²) >= 11 is -2.19. The van der Waals surface area contributed by atoms with Crippen molar-refractivity contribution in [3.05, 3.63) is 29.8 Å². The highest BCUT2D eigenvalue weighted by Crippen LogP contribution is 2.23. The van der Waals surface area contributed by atoms with E-state index in [9.17, 15) is 13.6 Å². The molecule has 0 heterocycles. The molecule has 5 nitrogen and oxygen atoms in total. The predicted molar refractivity (Wildman–Crippen MR) is 81.6 cm³/mol. The highest BCUT2D eigenvalue weighted by Gasteiger charge is 2.24. The summed E-state index contributed by atoms with van der Waals surface area (Å²) in [6, 6.07) is 6.94. The van der Waals surface area contributed by atoms with E-state index in [-0.39, 0.29) is 12.5 Å². The molecule has 112 valence electrons. The summed E-state index contributed by atoms with van der Waals surface area (Å²) in [7, 11) is 0. The van der Waals surface area contributed by atoms with Crippen LogP contribution in [0.5, 0.6) is 0 Å². The van der Waals surface area contributed by atoms with Gasteiger partial charge in [0.1, 0.15) is 0 Å². The Balaban J connectivity index is 3.02. The molecule has 0 aromatic heterocycles. The largest absolute Gasteiger partial charge is 0.370 e. The number of carbonyl (C=O) groups excluding carboxylic acids is 1. The zero-order valence-electron chi connectivity index (χ0n) is 11.9. The first-order chi connectivity index (χ1) is 9.45. The molecule has 1 aromatic carbocycles. The van der Waals surface area contributed by atoms with Gasteiger partial charge in [-0.2, -0.15) is 0 Å². The molecular weight excluding hydrogens is 276 g/mol. The summed E-state index contributed by atoms with van der Waals surface area (Å²) in [4.78, 5) is 11.2. The Labute approximate surface area is 122 Å². The number of amides is 1. The molecule has 0 saturated carbocycles. The van der Waals surface area contributed by atoms with E-state index in [2.05, 4.69) is 0 Å². The van der Waals surface area contributed by atoms with E-state index >= 15 is 0 Å². The van der Waals surface area contributed by atoms with Crippen LogP contribution in [0.25, 0.3) is 0 Å². The molecule has 2 unspecified atom stereocenters. The predicted octanol–water partition coefficient (Wildman–Crippen LogP) is 2.37. The number of rotatable bonds is 8. The molecule has 6 heteroatoms. The zero-order chi connectivity index (χ0) is 15.1. The number of carbonyl (C=O) groups is 1. The molecule has 0 aliphatic heterocycles. The molecule has 0 radical (unpaired) electrons. The van der Waals surface area contributed by atoms with Gasteiger partial charge in [0, 0.05) is 6.42 Å². The lowest BCUT2D eigenvalue weighted by atomic mass is 10.1. The molecule has 3 N–H and O–H groups in total. The second-order valence-electron chi connectivity index (χ2n) is 4.86. The van der Waals surface area contributed by atoms with Crippen LogP contribution in [0.2, 0.25) is 0 Å². The summed E-state index contributed by atoms with van der Waals surface area (Å²) in [5.41, 5.74) is 6.95. The van der Waals surface area contributed by atoms with Crippen LogP contribution < -0.4 is 10.0 Å². The molecule has 1 amide bonds. The minimum atomic E-state index is -2.19. The van der Waals surface area contributed by atoms with Crippen molar-refractivity contribution >= 4 is 22.9 Å². The second-order valence-corrected chi connectivity index (χ2v) is 5.71. The Kier molecular flexibility index (Phi) is 6.67. The summed E-state index contributed by atoms with van der Waals surface area (Å²) in [5, 5.41) is 0. The minimum absolute atomic E-state index is 0.0696. The average molecular weight is 298 g/mol. The van der Waals surface area contributed by atoms with Gasteiger partial charge in [0.2, 0.25) is 5.91 Å². The van der Waals surface area contributed by atoms with E-state index in [0.717, 1.165) is 18.4 Å². The molecular formula is C14H22N2O3S. The van der Waals surface area contributed by atoms with Crippen LogP contribution in [-0.4, -0.2) is 20.7 Å². The lowest BCUT2D eigenvalue weighted by molar-refractivity contribution is -0.118. The highest BCUT2D eigenvalue weighted by atomic mass is 32.2. The van der Waals surface area contributed by atoms with Crippen molar-refractivity contribution in [3.63, 3.8) is 0 Å². The Morgan fingerprint density at radius 3 is 2.45 bits per heavy atom. The molecule has 0 spiro atoms. The molecule has 0 saturated heterocycles. The van der Waals surface area contributed by atoms with Crippen LogP contribution in [0.4, 0.5) is 5.69 Å². The first-order valence-electron chi connectivity index (χ1n) is 6.70. The maximum Gasteiger partial charge on any atom is 0.262 e. The molecule has 0 fully saturated rings. The Morgan fingerprint density at radius 1 is 1.40 bits per heavy atom. The Morgan fingerprint density at radius 2 is 2.00 bits per heavy atom. The first kappa shape index (κ1) is 16.7. The number of primary amides is 1. The molecule has 1 aromatic rings. The Hall–Kier alpha value is -1.40. The van der Waals surface area contributed by atoms with Crippen LogP contribution in [0.1, 0.15) is 38.2 Å².